The minimum Gasteiger partial charge on any atom is -0.302 e. The summed E-state index contributed by atoms with van der Waals surface area (Å²) in [6.07, 6.45) is 1.09. The lowest BCUT2D eigenvalue weighted by Gasteiger charge is -2.24. The van der Waals surface area contributed by atoms with E-state index in [0.29, 0.717) is 6.04 Å². The van der Waals surface area contributed by atoms with Gasteiger partial charge in [-0.1, -0.05) is 48.2 Å². The largest absolute Gasteiger partial charge is 0.302 e. The SMILES string of the molecule is CN(C)C1Cc2ccccc2Sc2ccccc21. The van der Waals surface area contributed by atoms with Crippen LogP contribution >= 0.6 is 11.8 Å². The molecule has 0 radical (unpaired) electrons. The summed E-state index contributed by atoms with van der Waals surface area (Å²) >= 11 is 1.90. The summed E-state index contributed by atoms with van der Waals surface area (Å²) in [6.45, 7) is 0. The molecule has 0 amide bonds. The van der Waals surface area contributed by atoms with Crippen LogP contribution in [0.1, 0.15) is 17.2 Å². The molecule has 3 rings (SSSR count). The Morgan fingerprint density at radius 3 is 2.39 bits per heavy atom. The zero-order valence-electron chi connectivity index (χ0n) is 10.8. The average molecular weight is 255 g/mol. The van der Waals surface area contributed by atoms with Gasteiger partial charge < -0.3 is 4.90 Å². The summed E-state index contributed by atoms with van der Waals surface area (Å²) in [5.41, 5.74) is 2.90. The Hall–Kier alpha value is -1.25. The van der Waals surface area contributed by atoms with E-state index in [1.807, 2.05) is 11.8 Å². The van der Waals surface area contributed by atoms with Crippen molar-refractivity contribution in [2.75, 3.05) is 14.1 Å². The fourth-order valence-electron chi connectivity index (χ4n) is 2.52. The highest BCUT2D eigenvalue weighted by atomic mass is 32.2. The number of rotatable bonds is 1. The van der Waals surface area contributed by atoms with E-state index in [1.165, 1.54) is 20.9 Å². The molecule has 18 heavy (non-hydrogen) atoms. The molecule has 2 aromatic rings. The first kappa shape index (κ1) is 11.8. The third-order valence-corrected chi connectivity index (χ3v) is 4.72. The van der Waals surface area contributed by atoms with Crippen molar-refractivity contribution in [2.24, 2.45) is 0 Å². The number of nitrogens with zero attached hydrogens (tertiary/aromatic N) is 1. The van der Waals surface area contributed by atoms with Crippen LogP contribution in [0, 0.1) is 0 Å². The molecule has 0 fully saturated rings. The summed E-state index contributed by atoms with van der Waals surface area (Å²) in [5.74, 6) is 0. The second-order valence-electron chi connectivity index (χ2n) is 4.93. The molecule has 2 aromatic carbocycles. The molecule has 0 aromatic heterocycles. The van der Waals surface area contributed by atoms with E-state index in [-0.39, 0.29) is 0 Å². The van der Waals surface area contributed by atoms with Gasteiger partial charge in [0.25, 0.3) is 0 Å². The Labute approximate surface area is 113 Å². The first-order valence-corrected chi connectivity index (χ1v) is 7.08. The average Bonchev–Trinajstić information content (AvgIpc) is 2.55. The molecule has 1 heterocycles. The van der Waals surface area contributed by atoms with Crippen LogP contribution in [0.5, 0.6) is 0 Å². The number of benzene rings is 2. The highest BCUT2D eigenvalue weighted by molar-refractivity contribution is 7.99. The number of likely N-dealkylation sites (N-methyl/N-ethyl adjacent to an activating group) is 1. The molecule has 0 aliphatic carbocycles. The van der Waals surface area contributed by atoms with E-state index >= 15 is 0 Å². The van der Waals surface area contributed by atoms with Crippen LogP contribution in [0.4, 0.5) is 0 Å². The maximum absolute atomic E-state index is 2.32. The Morgan fingerprint density at radius 1 is 0.944 bits per heavy atom. The smallest absolute Gasteiger partial charge is 0.0393 e. The van der Waals surface area contributed by atoms with Crippen molar-refractivity contribution in [3.05, 3.63) is 59.7 Å². The molecular formula is C16H17NS. The summed E-state index contributed by atoms with van der Waals surface area (Å²) in [5, 5.41) is 0. The van der Waals surface area contributed by atoms with Crippen molar-refractivity contribution in [1.82, 2.24) is 4.90 Å². The molecule has 0 saturated carbocycles. The molecule has 0 spiro atoms. The topological polar surface area (TPSA) is 3.24 Å². The summed E-state index contributed by atoms with van der Waals surface area (Å²) < 4.78 is 0. The standard InChI is InChI=1S/C16H17NS/c1-17(2)14-11-12-7-3-5-9-15(12)18-16-10-6-4-8-13(14)16/h3-10,14H,11H2,1-2H3. The van der Waals surface area contributed by atoms with Gasteiger partial charge in [-0.05, 0) is 43.8 Å². The zero-order valence-corrected chi connectivity index (χ0v) is 11.6. The number of hydrogen-bond donors (Lipinski definition) is 0. The lowest BCUT2D eigenvalue weighted by atomic mass is 9.98. The van der Waals surface area contributed by atoms with Gasteiger partial charge in [0.2, 0.25) is 0 Å². The van der Waals surface area contributed by atoms with Crippen molar-refractivity contribution in [1.29, 1.82) is 0 Å². The van der Waals surface area contributed by atoms with Crippen molar-refractivity contribution in [3.63, 3.8) is 0 Å². The Morgan fingerprint density at radius 2 is 1.61 bits per heavy atom. The van der Waals surface area contributed by atoms with Crippen LogP contribution in [0.3, 0.4) is 0 Å². The predicted octanol–water partition coefficient (Wildman–Crippen LogP) is 4.00. The van der Waals surface area contributed by atoms with Gasteiger partial charge in [0.1, 0.15) is 0 Å². The molecule has 92 valence electrons. The van der Waals surface area contributed by atoms with Gasteiger partial charge in [-0.2, -0.15) is 0 Å². The Bertz CT molecular complexity index is 563. The summed E-state index contributed by atoms with van der Waals surface area (Å²) in [4.78, 5) is 5.11. The van der Waals surface area contributed by atoms with Crippen molar-refractivity contribution >= 4 is 11.8 Å². The maximum Gasteiger partial charge on any atom is 0.0393 e. The third-order valence-electron chi connectivity index (χ3n) is 3.51. The molecule has 2 heteroatoms. The highest BCUT2D eigenvalue weighted by Crippen LogP contribution is 2.41. The molecular weight excluding hydrogens is 238 g/mol. The van der Waals surface area contributed by atoms with E-state index in [9.17, 15) is 0 Å². The molecule has 1 nitrogen and oxygen atoms in total. The molecule has 0 saturated heterocycles. The molecule has 1 aliphatic heterocycles. The van der Waals surface area contributed by atoms with Gasteiger partial charge in [0, 0.05) is 15.8 Å². The van der Waals surface area contributed by atoms with Crippen LogP contribution in [0.15, 0.2) is 58.3 Å². The van der Waals surface area contributed by atoms with Crippen molar-refractivity contribution < 1.29 is 0 Å². The number of fused-ring (bicyclic) bond motifs is 2. The minimum atomic E-state index is 0.470. The quantitative estimate of drug-likeness (QED) is 0.758. The number of hydrogen-bond acceptors (Lipinski definition) is 2. The van der Waals surface area contributed by atoms with Crippen molar-refractivity contribution in [3.8, 4) is 0 Å². The van der Waals surface area contributed by atoms with E-state index in [2.05, 4.69) is 67.5 Å². The maximum atomic E-state index is 2.32. The summed E-state index contributed by atoms with van der Waals surface area (Å²) in [7, 11) is 4.33. The molecule has 1 atom stereocenters. The van der Waals surface area contributed by atoms with E-state index in [1.54, 1.807) is 0 Å². The third kappa shape index (κ3) is 2.06. The van der Waals surface area contributed by atoms with Crippen LogP contribution < -0.4 is 0 Å². The van der Waals surface area contributed by atoms with Crippen molar-refractivity contribution in [2.45, 2.75) is 22.3 Å². The second-order valence-corrected chi connectivity index (χ2v) is 6.01. The monoisotopic (exact) mass is 255 g/mol. The Kier molecular flexibility index (Phi) is 3.14. The lowest BCUT2D eigenvalue weighted by Crippen LogP contribution is -2.22. The van der Waals surface area contributed by atoms with Crippen LogP contribution in [0.25, 0.3) is 0 Å². The first-order valence-electron chi connectivity index (χ1n) is 6.27. The first-order chi connectivity index (χ1) is 8.75. The minimum absolute atomic E-state index is 0.470. The zero-order chi connectivity index (χ0) is 12.5. The molecule has 1 aliphatic rings. The van der Waals surface area contributed by atoms with Gasteiger partial charge >= 0.3 is 0 Å². The fourth-order valence-corrected chi connectivity index (χ4v) is 3.65. The molecule has 0 N–H and O–H groups in total. The van der Waals surface area contributed by atoms with Gasteiger partial charge in [0.15, 0.2) is 0 Å². The van der Waals surface area contributed by atoms with Crippen LogP contribution in [-0.2, 0) is 6.42 Å². The molecule has 1 unspecified atom stereocenters. The van der Waals surface area contributed by atoms with Gasteiger partial charge in [-0.3, -0.25) is 0 Å². The van der Waals surface area contributed by atoms with Crippen LogP contribution in [0.2, 0.25) is 0 Å². The normalized spacial score (nSPS) is 18.1. The van der Waals surface area contributed by atoms with Crippen LogP contribution in [-0.4, -0.2) is 19.0 Å². The van der Waals surface area contributed by atoms with E-state index in [4.69, 9.17) is 0 Å². The Balaban J connectivity index is 2.14. The van der Waals surface area contributed by atoms with Gasteiger partial charge in [-0.25, -0.2) is 0 Å². The highest BCUT2D eigenvalue weighted by Gasteiger charge is 2.23. The summed E-state index contributed by atoms with van der Waals surface area (Å²) in [6, 6.07) is 18.0. The van der Waals surface area contributed by atoms with Gasteiger partial charge in [-0.15, -0.1) is 0 Å². The van der Waals surface area contributed by atoms with E-state index in [0.717, 1.165) is 6.42 Å². The second kappa shape index (κ2) is 4.79. The molecule has 0 bridgehead atoms. The fraction of sp³-hybridized carbons (Fsp3) is 0.250. The van der Waals surface area contributed by atoms with E-state index < -0.39 is 0 Å². The van der Waals surface area contributed by atoms with Gasteiger partial charge in [0.05, 0.1) is 0 Å². The lowest BCUT2D eigenvalue weighted by molar-refractivity contribution is 0.294. The predicted molar refractivity (Wildman–Crippen MR) is 77.1 cm³/mol.